The van der Waals surface area contributed by atoms with Gasteiger partial charge in [0.05, 0.1) is 23.4 Å². The molecular formula is C30H39N9O7. The van der Waals surface area contributed by atoms with Crippen LogP contribution in [0, 0.1) is 17.3 Å². The van der Waals surface area contributed by atoms with E-state index >= 15 is 0 Å². The SMILES string of the molecule is NCCC[C@@H]1CC12NC(=O)[C@@H]1NC(=O)C3(C[C@H]3C(=O)O)NC1(c1ccccc1)C1(CCN=C(N)N)C[C@H](NC2=O)C(=O)NCC1=O. The minimum absolute atomic E-state index is 0.0995. The Kier molecular flexibility index (Phi) is 7.54. The van der Waals surface area contributed by atoms with Crippen molar-refractivity contribution in [1.82, 2.24) is 26.6 Å². The molecule has 0 aromatic heterocycles. The van der Waals surface area contributed by atoms with Gasteiger partial charge in [-0.2, -0.15) is 0 Å². The third-order valence-electron chi connectivity index (χ3n) is 10.6. The zero-order valence-corrected chi connectivity index (χ0v) is 25.1. The summed E-state index contributed by atoms with van der Waals surface area (Å²) < 4.78 is 0. The molecule has 3 heterocycles. The average molecular weight is 638 g/mol. The van der Waals surface area contributed by atoms with Crippen molar-refractivity contribution < 1.29 is 33.9 Å². The predicted molar refractivity (Wildman–Crippen MR) is 161 cm³/mol. The molecular weight excluding hydrogens is 598 g/mol. The number of piperazine rings is 1. The molecule has 46 heavy (non-hydrogen) atoms. The van der Waals surface area contributed by atoms with Crippen molar-refractivity contribution >= 4 is 41.3 Å². The molecule has 6 rings (SSSR count). The van der Waals surface area contributed by atoms with Gasteiger partial charge in [0.25, 0.3) is 0 Å². The number of fused-ring (bicyclic) bond motifs is 4. The fraction of sp³-hybridized carbons (Fsp3) is 0.567. The predicted octanol–water partition coefficient (Wildman–Crippen LogP) is -3.34. The van der Waals surface area contributed by atoms with Gasteiger partial charge in [0.2, 0.25) is 23.6 Å². The summed E-state index contributed by atoms with van der Waals surface area (Å²) in [6.45, 7) is -0.215. The molecule has 2 spiro atoms. The summed E-state index contributed by atoms with van der Waals surface area (Å²) >= 11 is 0. The molecule has 4 amide bonds. The molecule has 3 saturated heterocycles. The van der Waals surface area contributed by atoms with Crippen molar-refractivity contribution in [2.45, 2.75) is 67.2 Å². The first-order chi connectivity index (χ1) is 21.9. The third kappa shape index (κ3) is 4.61. The lowest BCUT2D eigenvalue weighted by Crippen LogP contribution is -2.81. The first kappa shape index (κ1) is 31.4. The number of nitrogens with two attached hydrogens (primary N) is 3. The first-order valence-electron chi connectivity index (χ1n) is 15.4. The number of hydrogen-bond donors (Lipinski definition) is 9. The Bertz CT molecular complexity index is 1530. The molecule has 0 radical (unpaired) electrons. The molecule has 16 nitrogen and oxygen atoms in total. The largest absolute Gasteiger partial charge is 0.481 e. The van der Waals surface area contributed by atoms with Crippen molar-refractivity contribution in [1.29, 1.82) is 0 Å². The van der Waals surface area contributed by atoms with Crippen LogP contribution in [-0.2, 0) is 34.3 Å². The highest BCUT2D eigenvalue weighted by Gasteiger charge is 2.76. The van der Waals surface area contributed by atoms with Gasteiger partial charge >= 0.3 is 5.97 Å². The van der Waals surface area contributed by atoms with E-state index in [0.717, 1.165) is 0 Å². The van der Waals surface area contributed by atoms with Gasteiger partial charge in [0.1, 0.15) is 23.2 Å². The topological polar surface area (TPSA) is 273 Å². The molecule has 1 aromatic carbocycles. The third-order valence-corrected chi connectivity index (χ3v) is 10.6. The van der Waals surface area contributed by atoms with Gasteiger partial charge < -0.3 is 43.6 Å². The van der Waals surface area contributed by atoms with Gasteiger partial charge in [-0.25, -0.2) is 0 Å². The maximum atomic E-state index is 14.7. The van der Waals surface area contributed by atoms with Crippen LogP contribution >= 0.6 is 0 Å². The van der Waals surface area contributed by atoms with E-state index in [1.54, 1.807) is 30.3 Å². The molecule has 2 aliphatic carbocycles. The van der Waals surface area contributed by atoms with Gasteiger partial charge in [0.15, 0.2) is 11.7 Å². The highest BCUT2D eigenvalue weighted by molar-refractivity contribution is 6.06. The van der Waals surface area contributed by atoms with E-state index in [0.29, 0.717) is 24.9 Å². The number of carboxylic acids is 1. The number of benzene rings is 1. The zero-order chi connectivity index (χ0) is 33.1. The standard InChI is InChI=1S/C30H39N9O7/c31-9-4-7-16-11-28(16)24(45)36-18-13-27(8-10-34-26(32)33,19(40)14-35-21(18)41)30(15-5-2-1-3-6-15)20(22(42)38-28)37-25(46)29(39-30)12-17(29)23(43)44/h1-3,5-6,16-18,20,39H,4,7-14,31H2,(H,35,41)(H,36,45)(H,37,46)(H,38,42)(H,43,44)(H4,32,33,34)/t16-,17+,18+,20+,27?,28?,29?,30?/m1/s1. The van der Waals surface area contributed by atoms with Gasteiger partial charge in [0, 0.05) is 6.54 Å². The van der Waals surface area contributed by atoms with E-state index in [-0.39, 0.29) is 44.1 Å². The number of hydrogen-bond acceptors (Lipinski definition) is 9. The fourth-order valence-corrected chi connectivity index (χ4v) is 8.11. The number of nitrogens with zero attached hydrogens (tertiary/aromatic N) is 1. The van der Waals surface area contributed by atoms with Gasteiger partial charge in [-0.15, -0.1) is 0 Å². The summed E-state index contributed by atoms with van der Waals surface area (Å²) in [6.07, 6.45) is 0.872. The fourth-order valence-electron chi connectivity index (χ4n) is 8.11. The molecule has 1 aromatic rings. The van der Waals surface area contributed by atoms with E-state index in [2.05, 4.69) is 31.6 Å². The molecule has 246 valence electrons. The lowest BCUT2D eigenvalue weighted by atomic mass is 9.54. The number of guanidine groups is 1. The Morgan fingerprint density at radius 3 is 2.33 bits per heavy atom. The van der Waals surface area contributed by atoms with Crippen LogP contribution in [-0.4, -0.2) is 89.2 Å². The van der Waals surface area contributed by atoms with Crippen molar-refractivity contribution in [2.24, 2.45) is 39.4 Å². The number of carbonyl (C=O) groups is 6. The molecule has 4 unspecified atom stereocenters. The number of carboxylic acid groups (broad SMARTS) is 1. The Morgan fingerprint density at radius 1 is 0.957 bits per heavy atom. The molecule has 8 atom stereocenters. The number of ketones is 1. The second-order valence-corrected chi connectivity index (χ2v) is 13.1. The van der Waals surface area contributed by atoms with E-state index in [1.807, 2.05) is 0 Å². The Morgan fingerprint density at radius 2 is 1.67 bits per heavy atom. The number of Topliss-reactive ketones (excluding diaryl/α,β-unsaturated/α-hetero) is 1. The molecule has 5 fully saturated rings. The number of amides is 4. The number of aliphatic imine (C=N–C) groups is 1. The van der Waals surface area contributed by atoms with E-state index in [1.165, 1.54) is 0 Å². The van der Waals surface area contributed by atoms with Gasteiger partial charge in [-0.3, -0.25) is 39.1 Å². The smallest absolute Gasteiger partial charge is 0.309 e. The average Bonchev–Trinajstić information content (AvgIpc) is 3.93. The Balaban J connectivity index is 1.62. The van der Waals surface area contributed by atoms with Crippen molar-refractivity contribution in [2.75, 3.05) is 19.6 Å². The number of nitrogens with one attached hydrogen (secondary N) is 5. The van der Waals surface area contributed by atoms with Crippen LogP contribution in [0.5, 0.6) is 0 Å². The number of carbonyl (C=O) groups excluding carboxylic acids is 5. The zero-order valence-electron chi connectivity index (χ0n) is 25.1. The molecule has 2 bridgehead atoms. The van der Waals surface area contributed by atoms with Crippen LogP contribution in [0.2, 0.25) is 0 Å². The van der Waals surface area contributed by atoms with Crippen LogP contribution in [0.4, 0.5) is 0 Å². The van der Waals surface area contributed by atoms with Crippen molar-refractivity contribution in [3.63, 3.8) is 0 Å². The first-order valence-corrected chi connectivity index (χ1v) is 15.4. The molecule has 2 saturated carbocycles. The second kappa shape index (κ2) is 11.0. The summed E-state index contributed by atoms with van der Waals surface area (Å²) in [5.74, 6) is -6.08. The maximum Gasteiger partial charge on any atom is 0.309 e. The quantitative estimate of drug-likeness (QED) is 0.100. The minimum Gasteiger partial charge on any atom is -0.481 e. The van der Waals surface area contributed by atoms with Crippen LogP contribution in [0.15, 0.2) is 35.3 Å². The monoisotopic (exact) mass is 637 g/mol. The summed E-state index contributed by atoms with van der Waals surface area (Å²) in [5, 5.41) is 24.5. The summed E-state index contributed by atoms with van der Waals surface area (Å²) in [5.41, 5.74) is 10.8. The van der Waals surface area contributed by atoms with Gasteiger partial charge in [-0.1, -0.05) is 30.3 Å². The molecule has 12 N–H and O–H groups in total. The van der Waals surface area contributed by atoms with Crippen LogP contribution < -0.4 is 43.8 Å². The highest BCUT2D eigenvalue weighted by Crippen LogP contribution is 2.58. The van der Waals surface area contributed by atoms with E-state index in [9.17, 15) is 33.9 Å². The summed E-state index contributed by atoms with van der Waals surface area (Å²) in [7, 11) is 0. The summed E-state index contributed by atoms with van der Waals surface area (Å²) in [4.78, 5) is 87.1. The van der Waals surface area contributed by atoms with Crippen LogP contribution in [0.25, 0.3) is 0 Å². The second-order valence-electron chi connectivity index (χ2n) is 13.1. The van der Waals surface area contributed by atoms with Crippen LogP contribution in [0.3, 0.4) is 0 Å². The van der Waals surface area contributed by atoms with Gasteiger partial charge in [-0.05, 0) is 56.6 Å². The van der Waals surface area contributed by atoms with Crippen molar-refractivity contribution in [3.05, 3.63) is 35.9 Å². The normalized spacial score (nSPS) is 38.0. The molecule has 5 aliphatic rings. The van der Waals surface area contributed by atoms with Crippen LogP contribution in [0.1, 0.15) is 44.1 Å². The number of aliphatic carboxylic acids is 1. The lowest BCUT2D eigenvalue weighted by molar-refractivity contribution is -0.155. The molecule has 3 aliphatic heterocycles. The Hall–Kier alpha value is -4.57. The maximum absolute atomic E-state index is 14.7. The highest BCUT2D eigenvalue weighted by atomic mass is 16.4. The lowest BCUT2D eigenvalue weighted by Gasteiger charge is -2.58. The van der Waals surface area contributed by atoms with E-state index < -0.39 is 82.0 Å². The minimum atomic E-state index is -1.83. The van der Waals surface area contributed by atoms with E-state index in [4.69, 9.17) is 17.2 Å². The summed E-state index contributed by atoms with van der Waals surface area (Å²) in [6, 6.07) is 5.72. The Labute approximate surface area is 264 Å². The number of rotatable bonds is 8. The van der Waals surface area contributed by atoms with Crippen molar-refractivity contribution in [3.8, 4) is 0 Å². The molecule has 16 heteroatoms.